The molecule has 1 rings (SSSR count). The molecule has 0 heterocycles. The molecule has 0 fully saturated rings. The summed E-state index contributed by atoms with van der Waals surface area (Å²) < 4.78 is 22.7. The Morgan fingerprint density at radius 2 is 1.38 bits per heavy atom. The lowest BCUT2D eigenvalue weighted by molar-refractivity contribution is -0.134. The molecule has 1 aromatic carbocycles. The lowest BCUT2D eigenvalue weighted by Crippen LogP contribution is -2.32. The third-order valence-corrected chi connectivity index (χ3v) is 4.56. The van der Waals surface area contributed by atoms with Crippen LogP contribution in [0.3, 0.4) is 0 Å². The third-order valence-electron chi connectivity index (χ3n) is 2.94. The summed E-state index contributed by atoms with van der Waals surface area (Å²) in [6.07, 6.45) is 0. The minimum Gasteiger partial charge on any atom is -0.480 e. The van der Waals surface area contributed by atoms with Crippen LogP contribution in [0.15, 0.2) is 29.2 Å². The van der Waals surface area contributed by atoms with Crippen molar-refractivity contribution in [3.05, 3.63) is 29.8 Å². The Bertz CT molecular complexity index is 558. The minimum atomic E-state index is -3.68. The van der Waals surface area contributed by atoms with E-state index in [-0.39, 0.29) is 24.7 Å². The highest BCUT2D eigenvalue weighted by Gasteiger charge is 2.17. The van der Waals surface area contributed by atoms with Crippen LogP contribution < -0.4 is 0 Å². The Balaban J connectivity index is 0.000000470. The maximum absolute atomic E-state index is 11.4. The number of carbonyl (C=O) groups is 1. The van der Waals surface area contributed by atoms with E-state index in [0.717, 1.165) is 5.56 Å². The summed E-state index contributed by atoms with van der Waals surface area (Å²) in [5, 5.41) is 33.8. The van der Waals surface area contributed by atoms with Crippen LogP contribution in [0.1, 0.15) is 5.56 Å². The Kier molecular flexibility index (Phi) is 11.2. The number of hydrogen-bond acceptors (Lipinski definition) is 7. The molecule has 0 aliphatic heterocycles. The highest BCUT2D eigenvalue weighted by Crippen LogP contribution is 2.11. The average molecular weight is 363 g/mol. The molecule has 0 radical (unpaired) electrons. The van der Waals surface area contributed by atoms with E-state index in [2.05, 4.69) is 0 Å². The number of rotatable bonds is 9. The molecule has 0 aromatic heterocycles. The lowest BCUT2D eigenvalue weighted by Gasteiger charge is -2.17. The topological polar surface area (TPSA) is 135 Å². The first-order chi connectivity index (χ1) is 11.3. The van der Waals surface area contributed by atoms with Gasteiger partial charge in [-0.25, -0.2) is 8.42 Å². The first kappa shape index (κ1) is 22.5. The number of aliphatic carboxylic acids is 1. The summed E-state index contributed by atoms with van der Waals surface area (Å²) in [5.74, 6) is -2.21. The van der Waals surface area contributed by atoms with E-state index in [1.54, 1.807) is 17.0 Å². The van der Waals surface area contributed by atoms with Gasteiger partial charge in [-0.05, 0) is 19.1 Å². The van der Waals surface area contributed by atoms with Gasteiger partial charge in [-0.15, -0.1) is 0 Å². The van der Waals surface area contributed by atoms with Crippen molar-refractivity contribution in [3.8, 4) is 0 Å². The third kappa shape index (κ3) is 9.58. The molecule has 0 spiro atoms. The molecule has 0 bridgehead atoms. The van der Waals surface area contributed by atoms with Crippen LogP contribution >= 0.6 is 0 Å². The maximum Gasteiger partial charge on any atom is 0.319 e. The average Bonchev–Trinajstić information content (AvgIpc) is 2.48. The molecule has 24 heavy (non-hydrogen) atoms. The Morgan fingerprint density at radius 1 is 0.958 bits per heavy atom. The van der Waals surface area contributed by atoms with Gasteiger partial charge in [0.2, 0.25) is 0 Å². The van der Waals surface area contributed by atoms with E-state index in [1.807, 2.05) is 6.92 Å². The molecule has 0 aliphatic rings. The SMILES string of the molecule is Cc1ccc(S(=O)(=O)CC(=O)O)cc1.OCCN(CCO)CCO. The molecule has 0 amide bonds. The molecule has 0 saturated heterocycles. The number of aliphatic hydroxyl groups excluding tert-OH is 3. The van der Waals surface area contributed by atoms with Gasteiger partial charge >= 0.3 is 5.97 Å². The van der Waals surface area contributed by atoms with Crippen molar-refractivity contribution in [1.82, 2.24) is 4.90 Å². The molecular formula is C15H25NO7S. The van der Waals surface area contributed by atoms with Gasteiger partial charge in [-0.3, -0.25) is 9.69 Å². The Hall–Kier alpha value is -1.52. The minimum absolute atomic E-state index is 0.0468. The van der Waals surface area contributed by atoms with Crippen molar-refractivity contribution in [2.45, 2.75) is 11.8 Å². The fraction of sp³-hybridized carbons (Fsp3) is 0.533. The zero-order valence-electron chi connectivity index (χ0n) is 13.6. The second-order valence-electron chi connectivity index (χ2n) is 4.98. The van der Waals surface area contributed by atoms with E-state index >= 15 is 0 Å². The molecule has 8 nitrogen and oxygen atoms in total. The van der Waals surface area contributed by atoms with Crippen molar-refractivity contribution in [2.24, 2.45) is 0 Å². The van der Waals surface area contributed by atoms with Crippen LogP contribution in [-0.4, -0.2) is 84.9 Å². The second kappa shape index (κ2) is 11.9. The van der Waals surface area contributed by atoms with Gasteiger partial charge in [0.1, 0.15) is 0 Å². The molecule has 0 atom stereocenters. The van der Waals surface area contributed by atoms with E-state index in [1.165, 1.54) is 12.1 Å². The molecular weight excluding hydrogens is 338 g/mol. The van der Waals surface area contributed by atoms with Crippen LogP contribution in [0.25, 0.3) is 0 Å². The summed E-state index contributed by atoms with van der Waals surface area (Å²) in [4.78, 5) is 12.1. The van der Waals surface area contributed by atoms with Crippen LogP contribution in [0, 0.1) is 6.92 Å². The zero-order valence-corrected chi connectivity index (χ0v) is 14.4. The summed E-state index contributed by atoms with van der Waals surface area (Å²) in [6.45, 7) is 3.58. The molecule has 0 saturated carbocycles. The fourth-order valence-corrected chi connectivity index (χ4v) is 2.79. The summed E-state index contributed by atoms with van der Waals surface area (Å²) in [7, 11) is -3.68. The summed E-state index contributed by atoms with van der Waals surface area (Å²) in [6, 6.07) is 6.09. The number of carboxylic acid groups (broad SMARTS) is 1. The number of benzene rings is 1. The zero-order chi connectivity index (χ0) is 18.6. The number of hydrogen-bond donors (Lipinski definition) is 4. The Morgan fingerprint density at radius 3 is 1.71 bits per heavy atom. The smallest absolute Gasteiger partial charge is 0.319 e. The predicted molar refractivity (Wildman–Crippen MR) is 88.6 cm³/mol. The van der Waals surface area contributed by atoms with Crippen LogP contribution in [-0.2, 0) is 14.6 Å². The molecule has 9 heteroatoms. The van der Waals surface area contributed by atoms with Crippen molar-refractivity contribution in [1.29, 1.82) is 0 Å². The standard InChI is InChI=1S/C9H10O4S.C6H15NO3/c1-7-2-4-8(5-3-7)14(12,13)6-9(10)11;8-4-1-7(2-5-9)3-6-10/h2-5H,6H2,1H3,(H,10,11);8-10H,1-6H2. The second-order valence-corrected chi connectivity index (χ2v) is 6.97. The molecule has 0 unspecified atom stereocenters. The fourth-order valence-electron chi connectivity index (χ4n) is 1.75. The molecule has 4 N–H and O–H groups in total. The number of aryl methyl sites for hydroxylation is 1. The number of sulfone groups is 1. The van der Waals surface area contributed by atoms with Crippen molar-refractivity contribution in [2.75, 3.05) is 45.2 Å². The number of nitrogens with zero attached hydrogens (tertiary/aromatic N) is 1. The monoisotopic (exact) mass is 363 g/mol. The van der Waals surface area contributed by atoms with Crippen LogP contribution in [0.2, 0.25) is 0 Å². The summed E-state index contributed by atoms with van der Waals surface area (Å²) in [5.41, 5.74) is 0.930. The van der Waals surface area contributed by atoms with E-state index in [0.29, 0.717) is 19.6 Å². The molecule has 1 aromatic rings. The van der Waals surface area contributed by atoms with Gasteiger partial charge in [0.05, 0.1) is 24.7 Å². The van der Waals surface area contributed by atoms with E-state index in [4.69, 9.17) is 20.4 Å². The van der Waals surface area contributed by atoms with Gasteiger partial charge in [-0.1, -0.05) is 17.7 Å². The van der Waals surface area contributed by atoms with Crippen molar-refractivity contribution in [3.63, 3.8) is 0 Å². The largest absolute Gasteiger partial charge is 0.480 e. The quantitative estimate of drug-likeness (QED) is 0.444. The van der Waals surface area contributed by atoms with Crippen molar-refractivity contribution >= 4 is 15.8 Å². The van der Waals surface area contributed by atoms with E-state index in [9.17, 15) is 13.2 Å². The first-order valence-electron chi connectivity index (χ1n) is 7.33. The predicted octanol–water partition coefficient (Wildman–Crippen LogP) is -0.881. The van der Waals surface area contributed by atoms with Crippen LogP contribution in [0.4, 0.5) is 0 Å². The van der Waals surface area contributed by atoms with Gasteiger partial charge in [0, 0.05) is 19.6 Å². The van der Waals surface area contributed by atoms with Crippen LogP contribution in [0.5, 0.6) is 0 Å². The number of aliphatic hydroxyl groups is 3. The van der Waals surface area contributed by atoms with Gasteiger partial charge in [0.25, 0.3) is 0 Å². The van der Waals surface area contributed by atoms with Gasteiger partial charge in [0.15, 0.2) is 15.6 Å². The normalized spacial score (nSPS) is 11.0. The number of carboxylic acids is 1. The summed E-state index contributed by atoms with van der Waals surface area (Å²) >= 11 is 0. The Labute approximate surface area is 141 Å². The highest BCUT2D eigenvalue weighted by atomic mass is 32.2. The first-order valence-corrected chi connectivity index (χ1v) is 8.98. The molecule has 138 valence electrons. The molecule has 0 aliphatic carbocycles. The van der Waals surface area contributed by atoms with E-state index < -0.39 is 21.6 Å². The lowest BCUT2D eigenvalue weighted by atomic mass is 10.2. The van der Waals surface area contributed by atoms with Gasteiger partial charge < -0.3 is 20.4 Å². The van der Waals surface area contributed by atoms with Crippen molar-refractivity contribution < 1.29 is 33.6 Å². The highest BCUT2D eigenvalue weighted by molar-refractivity contribution is 7.92. The maximum atomic E-state index is 11.4. The van der Waals surface area contributed by atoms with Gasteiger partial charge in [-0.2, -0.15) is 0 Å².